The number of aliphatic hydroxyl groups is 1. The van der Waals surface area contributed by atoms with E-state index in [2.05, 4.69) is 58.1 Å². The molecule has 1 unspecified atom stereocenters. The Labute approximate surface area is 212 Å². The Morgan fingerprint density at radius 1 is 1.26 bits per heavy atom. The molecule has 0 spiro atoms. The van der Waals surface area contributed by atoms with Crippen LogP contribution in [0.4, 0.5) is 0 Å². The first-order valence-corrected chi connectivity index (χ1v) is 13.2. The van der Waals surface area contributed by atoms with Gasteiger partial charge in [-0.3, -0.25) is 4.79 Å². The molecule has 0 saturated heterocycles. The van der Waals surface area contributed by atoms with Gasteiger partial charge < -0.3 is 14.7 Å². The number of cyclic esters (lactones) is 1. The molecule has 2 aliphatic rings. The van der Waals surface area contributed by atoms with Crippen LogP contribution >= 0.6 is 0 Å². The van der Waals surface area contributed by atoms with E-state index < -0.39 is 12.1 Å². The Kier molecular flexibility index (Phi) is 11.6. The Balaban J connectivity index is 1.65. The molecule has 0 bridgehead atoms. The number of hydrogen-bond acceptors (Lipinski definition) is 4. The van der Waals surface area contributed by atoms with Crippen molar-refractivity contribution in [2.75, 3.05) is 13.1 Å². The Bertz CT molecular complexity index is 905. The second-order valence-corrected chi connectivity index (χ2v) is 10.4. The minimum atomic E-state index is -0.532. The predicted molar refractivity (Wildman–Crippen MR) is 143 cm³/mol. The molecule has 1 N–H and O–H groups in total. The maximum absolute atomic E-state index is 12.5. The first-order chi connectivity index (χ1) is 16.6. The van der Waals surface area contributed by atoms with Crippen LogP contribution < -0.4 is 0 Å². The van der Waals surface area contributed by atoms with Crippen molar-refractivity contribution in [3.05, 3.63) is 58.4 Å². The zero-order chi connectivity index (χ0) is 26.0. The fourth-order valence-electron chi connectivity index (χ4n) is 4.34. The van der Waals surface area contributed by atoms with Crippen LogP contribution in [0, 0.1) is 11.8 Å². The number of allylic oxidation sites excluding steroid dienone is 5. The summed E-state index contributed by atoms with van der Waals surface area (Å²) in [6.07, 6.45) is 16.8. The smallest absolute Gasteiger partial charge is 0.338 e. The van der Waals surface area contributed by atoms with Crippen LogP contribution in [-0.2, 0) is 14.3 Å². The van der Waals surface area contributed by atoms with Crippen LogP contribution in [0.3, 0.4) is 0 Å². The van der Waals surface area contributed by atoms with Crippen molar-refractivity contribution in [2.45, 2.75) is 92.6 Å². The minimum absolute atomic E-state index is 0.0661. The third kappa shape index (κ3) is 9.19. The fraction of sp³-hybridized carbons (Fsp3) is 0.600. The summed E-state index contributed by atoms with van der Waals surface area (Å²) in [5.74, 6) is 0.894. The highest BCUT2D eigenvalue weighted by Crippen LogP contribution is 2.25. The molecular weight excluding hydrogens is 438 g/mol. The summed E-state index contributed by atoms with van der Waals surface area (Å²) < 4.78 is 5.20. The van der Waals surface area contributed by atoms with Crippen LogP contribution in [0.25, 0.3) is 0 Å². The summed E-state index contributed by atoms with van der Waals surface area (Å²) in [4.78, 5) is 26.0. The lowest BCUT2D eigenvalue weighted by molar-refractivity contribution is -0.140. The van der Waals surface area contributed by atoms with Crippen molar-refractivity contribution < 1.29 is 19.4 Å². The SMILES string of the molecule is CCC(C)CN1CC=C(CCC/C(C)=C/C=C/[C@@H](C)CC/C=C(/C)C[C@H]2OC(=O)C(C)=C2O)C1=O. The third-order valence-electron chi connectivity index (χ3n) is 7.05. The lowest BCUT2D eigenvalue weighted by atomic mass is 10.0. The highest BCUT2D eigenvalue weighted by atomic mass is 16.6. The van der Waals surface area contributed by atoms with E-state index >= 15 is 0 Å². The normalized spacial score (nSPS) is 21.3. The van der Waals surface area contributed by atoms with Crippen LogP contribution in [0.15, 0.2) is 58.4 Å². The Morgan fingerprint density at radius 2 is 2.00 bits per heavy atom. The molecule has 2 rings (SSSR count). The summed E-state index contributed by atoms with van der Waals surface area (Å²) in [6, 6.07) is 0. The van der Waals surface area contributed by atoms with Gasteiger partial charge in [0.2, 0.25) is 5.91 Å². The number of amides is 1. The number of carbonyl (C=O) groups excluding carboxylic acids is 2. The summed E-state index contributed by atoms with van der Waals surface area (Å²) in [5, 5.41) is 9.97. The van der Waals surface area contributed by atoms with Crippen LogP contribution in [0.2, 0.25) is 0 Å². The maximum atomic E-state index is 12.5. The van der Waals surface area contributed by atoms with Crippen LogP contribution in [0.5, 0.6) is 0 Å². The fourth-order valence-corrected chi connectivity index (χ4v) is 4.34. The Morgan fingerprint density at radius 3 is 2.66 bits per heavy atom. The number of nitrogens with zero attached hydrogens (tertiary/aromatic N) is 1. The zero-order valence-electron chi connectivity index (χ0n) is 22.6. The molecule has 3 atom stereocenters. The van der Waals surface area contributed by atoms with Crippen molar-refractivity contribution in [1.29, 1.82) is 0 Å². The van der Waals surface area contributed by atoms with Gasteiger partial charge in [0.15, 0.2) is 6.10 Å². The summed E-state index contributed by atoms with van der Waals surface area (Å²) in [6.45, 7) is 14.0. The second-order valence-electron chi connectivity index (χ2n) is 10.4. The molecule has 2 aliphatic heterocycles. The molecule has 1 amide bonds. The molecule has 0 radical (unpaired) electrons. The summed E-state index contributed by atoms with van der Waals surface area (Å²) in [7, 11) is 0. The molecule has 194 valence electrons. The highest BCUT2D eigenvalue weighted by molar-refractivity contribution is 5.95. The molecule has 5 nitrogen and oxygen atoms in total. The van der Waals surface area contributed by atoms with E-state index in [-0.39, 0.29) is 11.7 Å². The second kappa shape index (κ2) is 14.1. The van der Waals surface area contributed by atoms with Gasteiger partial charge in [0, 0.05) is 25.1 Å². The number of ether oxygens (including phenoxy) is 1. The van der Waals surface area contributed by atoms with E-state index in [1.165, 1.54) is 5.57 Å². The highest BCUT2D eigenvalue weighted by Gasteiger charge is 2.31. The van der Waals surface area contributed by atoms with Gasteiger partial charge in [-0.2, -0.15) is 0 Å². The number of esters is 1. The number of carbonyl (C=O) groups is 2. The lowest BCUT2D eigenvalue weighted by Gasteiger charge is -2.20. The first-order valence-electron chi connectivity index (χ1n) is 13.2. The van der Waals surface area contributed by atoms with Crippen molar-refractivity contribution in [2.24, 2.45) is 11.8 Å². The summed E-state index contributed by atoms with van der Waals surface area (Å²) >= 11 is 0. The van der Waals surface area contributed by atoms with E-state index in [0.717, 1.165) is 62.8 Å². The average Bonchev–Trinajstić information content (AvgIpc) is 3.27. The zero-order valence-corrected chi connectivity index (χ0v) is 22.6. The quantitative estimate of drug-likeness (QED) is 0.164. The lowest BCUT2D eigenvalue weighted by Crippen LogP contribution is -2.31. The van der Waals surface area contributed by atoms with E-state index in [0.29, 0.717) is 23.8 Å². The van der Waals surface area contributed by atoms with E-state index in [4.69, 9.17) is 4.74 Å². The topological polar surface area (TPSA) is 66.8 Å². The van der Waals surface area contributed by atoms with Gasteiger partial charge in [-0.15, -0.1) is 0 Å². The molecule has 0 fully saturated rings. The molecule has 0 aliphatic carbocycles. The minimum Gasteiger partial charge on any atom is -0.508 e. The molecule has 5 heteroatoms. The standard InChI is InChI=1S/C30H45NO4/c1-7-21(2)20-31-18-17-26(29(31)33)16-10-14-23(4)12-8-11-22(3)13-9-15-24(5)19-27-28(32)25(6)30(34)35-27/h8,11-12,15,17,21-22,27,32H,7,9-10,13-14,16,18-20H2,1-6H3/b11-8+,23-12+,24-15-/t21?,22-,27-/m1/s1. The van der Waals surface area contributed by atoms with Crippen molar-refractivity contribution in [3.8, 4) is 0 Å². The molecular formula is C30H45NO4. The number of aliphatic hydroxyl groups excluding tert-OH is 1. The van der Waals surface area contributed by atoms with Crippen molar-refractivity contribution in [3.63, 3.8) is 0 Å². The summed E-state index contributed by atoms with van der Waals surface area (Å²) in [5.41, 5.74) is 3.76. The number of hydrogen-bond donors (Lipinski definition) is 1. The van der Waals surface area contributed by atoms with Gasteiger partial charge in [-0.25, -0.2) is 4.79 Å². The molecule has 2 heterocycles. The van der Waals surface area contributed by atoms with Crippen LogP contribution in [0.1, 0.15) is 86.5 Å². The van der Waals surface area contributed by atoms with Gasteiger partial charge in [0.05, 0.1) is 5.57 Å². The average molecular weight is 484 g/mol. The molecule has 0 aromatic carbocycles. The monoisotopic (exact) mass is 483 g/mol. The maximum Gasteiger partial charge on any atom is 0.338 e. The molecule has 35 heavy (non-hydrogen) atoms. The largest absolute Gasteiger partial charge is 0.508 e. The molecule has 0 aromatic heterocycles. The van der Waals surface area contributed by atoms with Gasteiger partial charge >= 0.3 is 5.97 Å². The van der Waals surface area contributed by atoms with E-state index in [1.807, 2.05) is 11.8 Å². The van der Waals surface area contributed by atoms with Crippen LogP contribution in [-0.4, -0.2) is 41.1 Å². The van der Waals surface area contributed by atoms with Gasteiger partial charge in [-0.1, -0.05) is 68.7 Å². The molecule has 0 aromatic rings. The Hall–Kier alpha value is -2.56. The van der Waals surface area contributed by atoms with Gasteiger partial charge in [-0.05, 0) is 64.7 Å². The van der Waals surface area contributed by atoms with Crippen molar-refractivity contribution >= 4 is 11.9 Å². The van der Waals surface area contributed by atoms with Gasteiger partial charge in [0.25, 0.3) is 0 Å². The van der Waals surface area contributed by atoms with Gasteiger partial charge in [0.1, 0.15) is 5.76 Å². The number of rotatable bonds is 14. The third-order valence-corrected chi connectivity index (χ3v) is 7.05. The molecule has 0 saturated carbocycles. The first kappa shape index (κ1) is 28.7. The van der Waals surface area contributed by atoms with E-state index in [1.54, 1.807) is 6.92 Å². The van der Waals surface area contributed by atoms with Crippen molar-refractivity contribution in [1.82, 2.24) is 4.90 Å². The van der Waals surface area contributed by atoms with E-state index in [9.17, 15) is 14.7 Å². The predicted octanol–water partition coefficient (Wildman–Crippen LogP) is 6.98.